The normalized spacial score (nSPS) is 12.8. The van der Waals surface area contributed by atoms with E-state index in [1.165, 1.54) is 165 Å². The van der Waals surface area contributed by atoms with Crippen LogP contribution in [-0.4, -0.2) is 13.2 Å². The van der Waals surface area contributed by atoms with Gasteiger partial charge in [0.2, 0.25) is 0 Å². The van der Waals surface area contributed by atoms with Crippen molar-refractivity contribution in [2.75, 3.05) is 13.2 Å². The van der Waals surface area contributed by atoms with Crippen LogP contribution >= 0.6 is 31.9 Å². The molecule has 1 rings (SSSR count). The first-order valence-corrected chi connectivity index (χ1v) is 22.3. The number of alkyl halides is 2. The molecule has 4 heteroatoms. The zero-order valence-corrected chi connectivity index (χ0v) is 34.3. The summed E-state index contributed by atoms with van der Waals surface area (Å²) in [6, 6.07) is 4.38. The molecular formula is C42H76Br2O2. The number of ether oxygens (including phenoxy) is 2. The minimum absolute atomic E-state index is 0.788. The van der Waals surface area contributed by atoms with E-state index >= 15 is 0 Å². The van der Waals surface area contributed by atoms with E-state index in [1.807, 2.05) is 0 Å². The predicted molar refractivity (Wildman–Crippen MR) is 212 cm³/mol. The Kier molecular flexibility index (Phi) is 30.5. The van der Waals surface area contributed by atoms with E-state index in [0.29, 0.717) is 0 Å². The highest BCUT2D eigenvalue weighted by atomic mass is 79.9. The van der Waals surface area contributed by atoms with Crippen LogP contribution in [0.2, 0.25) is 0 Å². The third-order valence-electron chi connectivity index (χ3n) is 9.83. The summed E-state index contributed by atoms with van der Waals surface area (Å²) in [5.74, 6) is 3.87. The van der Waals surface area contributed by atoms with E-state index in [-0.39, 0.29) is 0 Å². The van der Waals surface area contributed by atoms with Crippen LogP contribution in [0.4, 0.5) is 0 Å². The maximum atomic E-state index is 6.27. The van der Waals surface area contributed by atoms with Crippen molar-refractivity contribution in [3.63, 3.8) is 0 Å². The first-order chi connectivity index (χ1) is 22.5. The van der Waals surface area contributed by atoms with Gasteiger partial charge in [-0.2, -0.15) is 0 Å². The molecule has 0 aliphatic rings. The molecule has 0 heterocycles. The van der Waals surface area contributed by atoms with Crippen LogP contribution in [0.1, 0.15) is 206 Å². The van der Waals surface area contributed by atoms with Gasteiger partial charge < -0.3 is 9.47 Å². The number of hydrogen-bond acceptors (Lipinski definition) is 2. The summed E-state index contributed by atoms with van der Waals surface area (Å²) >= 11 is 7.37. The molecule has 0 saturated heterocycles. The van der Waals surface area contributed by atoms with Crippen molar-refractivity contribution in [2.45, 2.75) is 205 Å². The fourth-order valence-electron chi connectivity index (χ4n) is 6.54. The van der Waals surface area contributed by atoms with Gasteiger partial charge in [0.15, 0.2) is 0 Å². The van der Waals surface area contributed by atoms with Gasteiger partial charge in [-0.3, -0.25) is 0 Å². The van der Waals surface area contributed by atoms with Gasteiger partial charge in [0.05, 0.1) is 13.2 Å². The fraction of sp³-hybridized carbons (Fsp3) is 0.857. The summed E-state index contributed by atoms with van der Waals surface area (Å²) in [7, 11) is 0. The second-order valence-corrected chi connectivity index (χ2v) is 15.6. The van der Waals surface area contributed by atoms with Crippen LogP contribution in [0.25, 0.3) is 0 Å². The second-order valence-electron chi connectivity index (χ2n) is 14.5. The summed E-state index contributed by atoms with van der Waals surface area (Å²) in [5, 5.41) is 1.58. The van der Waals surface area contributed by atoms with Crippen molar-refractivity contribution in [1.29, 1.82) is 0 Å². The first-order valence-electron chi connectivity index (χ1n) is 20.1. The zero-order valence-electron chi connectivity index (χ0n) is 31.1. The summed E-state index contributed by atoms with van der Waals surface area (Å²) in [5.41, 5.74) is 2.38. The largest absolute Gasteiger partial charge is 0.493 e. The van der Waals surface area contributed by atoms with Crippen LogP contribution in [0, 0.1) is 11.8 Å². The van der Waals surface area contributed by atoms with E-state index in [2.05, 4.69) is 71.7 Å². The van der Waals surface area contributed by atoms with Crippen molar-refractivity contribution >= 4 is 31.9 Å². The van der Waals surface area contributed by atoms with Gasteiger partial charge in [0.1, 0.15) is 11.5 Å². The van der Waals surface area contributed by atoms with E-state index in [0.717, 1.165) is 60.1 Å². The van der Waals surface area contributed by atoms with Crippen molar-refractivity contribution in [2.24, 2.45) is 11.8 Å². The molecule has 1 aromatic rings. The number of hydrogen-bond donors (Lipinski definition) is 0. The van der Waals surface area contributed by atoms with Gasteiger partial charge in [0, 0.05) is 21.8 Å². The molecule has 0 amide bonds. The molecule has 0 fully saturated rings. The van der Waals surface area contributed by atoms with Crippen molar-refractivity contribution in [3.05, 3.63) is 23.3 Å². The minimum Gasteiger partial charge on any atom is -0.493 e. The van der Waals surface area contributed by atoms with Crippen molar-refractivity contribution < 1.29 is 9.47 Å². The lowest BCUT2D eigenvalue weighted by Gasteiger charge is -2.16. The van der Waals surface area contributed by atoms with E-state index in [4.69, 9.17) is 9.47 Å². The maximum absolute atomic E-state index is 6.27. The molecule has 0 N–H and O–H groups in total. The molecular weight excluding hydrogens is 696 g/mol. The SMILES string of the molecule is CCCCC(C)CCCCCCCCCCCOc1cc(CBr)c(OCCCCCCCCCCCC(C)CCCC)cc1CBr. The molecule has 0 saturated carbocycles. The Morgan fingerprint density at radius 1 is 0.435 bits per heavy atom. The van der Waals surface area contributed by atoms with Crippen LogP contribution in [-0.2, 0) is 10.7 Å². The molecule has 0 aliphatic carbocycles. The Morgan fingerprint density at radius 2 is 0.717 bits per heavy atom. The lowest BCUT2D eigenvalue weighted by atomic mass is 9.97. The van der Waals surface area contributed by atoms with Gasteiger partial charge >= 0.3 is 0 Å². The van der Waals surface area contributed by atoms with Crippen LogP contribution in [0.3, 0.4) is 0 Å². The van der Waals surface area contributed by atoms with E-state index in [1.54, 1.807) is 0 Å². The number of rotatable bonds is 34. The third-order valence-corrected chi connectivity index (χ3v) is 11.0. The van der Waals surface area contributed by atoms with Crippen LogP contribution in [0.5, 0.6) is 11.5 Å². The Labute approximate surface area is 305 Å². The summed E-state index contributed by atoms with van der Waals surface area (Å²) < 4.78 is 12.5. The lowest BCUT2D eigenvalue weighted by Crippen LogP contribution is -2.04. The molecule has 2 nitrogen and oxygen atoms in total. The molecule has 46 heavy (non-hydrogen) atoms. The molecule has 2 unspecified atom stereocenters. The highest BCUT2D eigenvalue weighted by molar-refractivity contribution is 9.08. The summed E-state index contributed by atoms with van der Waals surface area (Å²) in [4.78, 5) is 0. The minimum atomic E-state index is 0.788. The van der Waals surface area contributed by atoms with Gasteiger partial charge in [-0.1, -0.05) is 214 Å². The monoisotopic (exact) mass is 770 g/mol. The van der Waals surface area contributed by atoms with E-state index in [9.17, 15) is 0 Å². The van der Waals surface area contributed by atoms with Crippen molar-refractivity contribution in [3.8, 4) is 11.5 Å². The number of benzene rings is 1. The molecule has 0 aliphatic heterocycles. The number of halogens is 2. The first kappa shape index (κ1) is 43.8. The molecule has 0 bridgehead atoms. The Morgan fingerprint density at radius 3 is 1.02 bits per heavy atom. The van der Waals surface area contributed by atoms with Crippen LogP contribution in [0.15, 0.2) is 12.1 Å². The number of unbranched alkanes of at least 4 members (excludes halogenated alkanes) is 18. The summed E-state index contributed by atoms with van der Waals surface area (Å²) in [6.45, 7) is 11.1. The second kappa shape index (κ2) is 32.0. The lowest BCUT2D eigenvalue weighted by molar-refractivity contribution is 0.293. The summed E-state index contributed by atoms with van der Waals surface area (Å²) in [6.07, 6.45) is 35.6. The molecule has 270 valence electrons. The fourth-order valence-corrected chi connectivity index (χ4v) is 7.42. The van der Waals surface area contributed by atoms with Gasteiger partial charge in [-0.25, -0.2) is 0 Å². The molecule has 0 radical (unpaired) electrons. The zero-order chi connectivity index (χ0) is 33.5. The van der Waals surface area contributed by atoms with Gasteiger partial charge in [0.25, 0.3) is 0 Å². The average Bonchev–Trinajstić information content (AvgIpc) is 3.07. The highest BCUT2D eigenvalue weighted by Crippen LogP contribution is 2.32. The Balaban J connectivity index is 2.11. The Hall–Kier alpha value is -0.220. The third kappa shape index (κ3) is 24.0. The quantitative estimate of drug-likeness (QED) is 0.0513. The van der Waals surface area contributed by atoms with E-state index < -0.39 is 0 Å². The van der Waals surface area contributed by atoms with Gasteiger partial charge in [-0.15, -0.1) is 0 Å². The maximum Gasteiger partial charge on any atom is 0.123 e. The highest BCUT2D eigenvalue weighted by Gasteiger charge is 2.12. The van der Waals surface area contributed by atoms with Gasteiger partial charge in [-0.05, 0) is 36.8 Å². The topological polar surface area (TPSA) is 18.5 Å². The molecule has 0 aromatic heterocycles. The molecule has 0 spiro atoms. The molecule has 1 aromatic carbocycles. The van der Waals surface area contributed by atoms with Crippen molar-refractivity contribution in [1.82, 2.24) is 0 Å². The standard InChI is InChI=1S/C42H76Br2O2/c1-5-7-27-37(3)29-23-19-15-11-9-13-17-21-25-31-45-41-33-40(36-44)42(34-39(41)35-43)46-32-26-22-18-14-10-12-16-20-24-30-38(4)28-8-6-2/h33-34,37-38H,5-32,35-36H2,1-4H3. The Bertz CT molecular complexity index is 732. The van der Waals surface area contributed by atoms with Crippen LogP contribution < -0.4 is 9.47 Å². The average molecular weight is 773 g/mol. The smallest absolute Gasteiger partial charge is 0.123 e. The molecule has 2 atom stereocenters. The predicted octanol–water partition coefficient (Wildman–Crippen LogP) is 15.7.